The number of rotatable bonds is 22. The third-order valence-electron chi connectivity index (χ3n) is 13.8. The summed E-state index contributed by atoms with van der Waals surface area (Å²) in [6.45, 7) is -3.27. The van der Waals surface area contributed by atoms with Gasteiger partial charge in [0, 0.05) is 13.5 Å². The molecule has 0 bridgehead atoms. The maximum atomic E-state index is 12.8. The smallest absolute Gasteiger partial charge is 0.217 e. The van der Waals surface area contributed by atoms with Crippen LogP contribution in [0.2, 0.25) is 0 Å². The van der Waals surface area contributed by atoms with Crippen molar-refractivity contribution >= 4 is 5.91 Å². The summed E-state index contributed by atoms with van der Waals surface area (Å²) >= 11 is 0. The number of amides is 1. The molecule has 0 aliphatic carbocycles. The average molecular weight is 1110 g/mol. The Morgan fingerprint density at radius 3 is 1.42 bits per heavy atom. The lowest BCUT2D eigenvalue weighted by Crippen LogP contribution is -2.70. The second-order valence-corrected chi connectivity index (χ2v) is 19.1. The van der Waals surface area contributed by atoms with Gasteiger partial charge in [-0.05, 0) is 25.8 Å². The van der Waals surface area contributed by atoms with E-state index in [0.717, 1.165) is 6.92 Å². The monoisotopic (exact) mass is 1110 g/mol. The lowest BCUT2D eigenvalue weighted by Gasteiger charge is -2.51. The quantitative estimate of drug-likeness (QED) is 0.0354. The topological polar surface area (TPSA) is 510 Å². The van der Waals surface area contributed by atoms with E-state index in [1.54, 1.807) is 0 Å². The van der Waals surface area contributed by atoms with Crippen LogP contribution in [0, 0.1) is 12.3 Å². The molecule has 440 valence electrons. The summed E-state index contributed by atoms with van der Waals surface area (Å²) < 4.78 is 69.0. The Labute approximate surface area is 433 Å². The minimum atomic E-state index is -2.22. The number of carbonyl (C=O) groups is 1. The largest absolute Gasteiger partial charge is 0.394 e. The van der Waals surface area contributed by atoms with Gasteiger partial charge >= 0.3 is 0 Å². The zero-order chi connectivity index (χ0) is 55.9. The molecule has 6 heterocycles. The Hall–Kier alpha value is -2.17. The van der Waals surface area contributed by atoms with Gasteiger partial charge in [-0.2, -0.15) is 0 Å². The van der Waals surface area contributed by atoms with Gasteiger partial charge in [0.15, 0.2) is 37.7 Å². The van der Waals surface area contributed by atoms with E-state index in [1.165, 1.54) is 0 Å². The molecule has 32 nitrogen and oxygen atoms in total. The molecule has 6 saturated heterocycles. The van der Waals surface area contributed by atoms with Crippen LogP contribution in [0.5, 0.6) is 0 Å². The molecule has 0 radical (unpaired) electrons. The Morgan fingerprint density at radius 1 is 0.447 bits per heavy atom. The van der Waals surface area contributed by atoms with Crippen LogP contribution in [0.1, 0.15) is 26.2 Å². The zero-order valence-electron chi connectivity index (χ0n) is 41.0. The first kappa shape index (κ1) is 63.0. The van der Waals surface area contributed by atoms with Crippen molar-refractivity contribution in [2.24, 2.45) is 5.73 Å². The summed E-state index contributed by atoms with van der Waals surface area (Å²) in [6, 6.07) is -1.81. The van der Waals surface area contributed by atoms with Crippen LogP contribution in [0.3, 0.4) is 0 Å². The van der Waals surface area contributed by atoms with Crippen molar-refractivity contribution in [2.75, 3.05) is 46.2 Å². The number of carbonyl (C=O) groups excluding carboxylic acids is 1. The zero-order valence-corrected chi connectivity index (χ0v) is 41.0. The van der Waals surface area contributed by atoms with Crippen molar-refractivity contribution in [3.05, 3.63) is 0 Å². The summed E-state index contributed by atoms with van der Waals surface area (Å²) in [5, 5.41) is 187. The average Bonchev–Trinajstić information content (AvgIpc) is 3.40. The summed E-state index contributed by atoms with van der Waals surface area (Å²) in [6.07, 6.45) is -47.3. The summed E-state index contributed by atoms with van der Waals surface area (Å²) in [7, 11) is 0. The Bertz CT molecular complexity index is 1810. The number of hydrogen-bond acceptors (Lipinski definition) is 31. The summed E-state index contributed by atoms with van der Waals surface area (Å²) in [5.74, 6) is 1.17. The van der Waals surface area contributed by atoms with E-state index >= 15 is 0 Å². The molecule has 0 spiro atoms. The molecule has 0 aromatic heterocycles. The fourth-order valence-corrected chi connectivity index (χ4v) is 9.56. The number of nitrogens with two attached hydrogens (primary N) is 1. The van der Waals surface area contributed by atoms with Gasteiger partial charge in [0.05, 0.1) is 33.0 Å². The second-order valence-electron chi connectivity index (χ2n) is 19.1. The Balaban J connectivity index is 1.20. The number of hydrogen-bond donors (Lipinski definition) is 19. The predicted molar refractivity (Wildman–Crippen MR) is 239 cm³/mol. The van der Waals surface area contributed by atoms with Crippen molar-refractivity contribution in [3.8, 4) is 12.3 Å². The SMILES string of the molecule is C#CC1O[C@@H](O[C@H]2C(O)[C@@H](O)C(CO)O[C@H]2OC2[C@@H](O)C(CO)O[C@@H](O[C@@H]3C(O)[C@@H](O[C@H]4C(CO)O[C@@H](O[C@@H]5C(CO)O[C@@H](OCCCCCN)C(O)C5O)[C@@H](O)C4O)OC(CO)[C@@H]3O)[C@H]2NC(C)=O)[C@@H](O)C(O)[C@@H]1O. The number of aliphatic hydroxyl groups is 17. The summed E-state index contributed by atoms with van der Waals surface area (Å²) in [4.78, 5) is 12.8. The fourth-order valence-electron chi connectivity index (χ4n) is 9.56. The van der Waals surface area contributed by atoms with Crippen molar-refractivity contribution in [1.82, 2.24) is 5.32 Å². The van der Waals surface area contributed by atoms with Crippen LogP contribution in [0.25, 0.3) is 0 Å². The molecule has 30 atom stereocenters. The van der Waals surface area contributed by atoms with Gasteiger partial charge in [-0.15, -0.1) is 6.42 Å². The van der Waals surface area contributed by atoms with Crippen LogP contribution in [0.4, 0.5) is 0 Å². The molecule has 6 aliphatic heterocycles. The van der Waals surface area contributed by atoms with E-state index in [9.17, 15) is 91.6 Å². The molecule has 0 aromatic rings. The third-order valence-corrected chi connectivity index (χ3v) is 13.8. The van der Waals surface area contributed by atoms with Crippen molar-refractivity contribution in [3.63, 3.8) is 0 Å². The van der Waals surface area contributed by atoms with E-state index in [-0.39, 0.29) is 6.61 Å². The van der Waals surface area contributed by atoms with E-state index in [0.29, 0.717) is 25.8 Å². The number of terminal acetylenes is 1. The fraction of sp³-hybridized carbons (Fsp3) is 0.932. The minimum absolute atomic E-state index is 0.107. The lowest BCUT2D eigenvalue weighted by atomic mass is 9.94. The van der Waals surface area contributed by atoms with E-state index in [4.69, 9.17) is 69.0 Å². The van der Waals surface area contributed by atoms with Gasteiger partial charge in [-0.25, -0.2) is 0 Å². The predicted octanol–water partition coefficient (Wildman–Crippen LogP) is -12.2. The van der Waals surface area contributed by atoms with Gasteiger partial charge in [0.25, 0.3) is 0 Å². The standard InChI is InChI=1S/C44H74N2O30/c1-3-15-22(53)26(57)30(61)41(66-15)76-38-27(58)23(54)16(9-47)69-44(38)74-36-21(46-14(2)52)39(67-17(10-48)24(36)55)75-37-25(56)18(11-49)68-43(33(37)64)73-35-20(13-51)71-42(32(63)29(35)60)72-34-19(12-50)70-40(31(62)28(34)59)65-8-6-4-5-7-45/h1,15-44,47-51,53-64H,4-13,45H2,2H3,(H,46,52)/t15?,16?,17?,18?,19?,20?,21-,22+,23-,24-,25-,26?,27?,28?,29?,30-,31?,32-,33?,34+,35-,36?,37-,38-,39-,40+,41-,42-,43+,44-/m0/s1. The minimum Gasteiger partial charge on any atom is -0.394 e. The molecule has 20 N–H and O–H groups in total. The highest BCUT2D eigenvalue weighted by Gasteiger charge is 2.58. The lowest BCUT2D eigenvalue weighted by molar-refractivity contribution is -0.393. The van der Waals surface area contributed by atoms with Crippen molar-refractivity contribution in [1.29, 1.82) is 0 Å². The highest BCUT2D eigenvalue weighted by atomic mass is 16.8. The molecule has 6 aliphatic rings. The van der Waals surface area contributed by atoms with Crippen LogP contribution in [-0.4, -0.2) is 323 Å². The molecule has 32 heteroatoms. The molecule has 6 rings (SSSR count). The Kier molecular flexibility index (Phi) is 23.6. The molecule has 1 amide bonds. The normalized spacial score (nSPS) is 48.2. The van der Waals surface area contributed by atoms with E-state index < -0.39 is 223 Å². The number of ether oxygens (including phenoxy) is 12. The van der Waals surface area contributed by atoms with Gasteiger partial charge in [-0.3, -0.25) is 4.79 Å². The molecular formula is C44H74N2O30. The number of aliphatic hydroxyl groups excluding tert-OH is 17. The van der Waals surface area contributed by atoms with Gasteiger partial charge in [0.1, 0.15) is 146 Å². The first-order chi connectivity index (χ1) is 36.2. The Morgan fingerprint density at radius 2 is 0.868 bits per heavy atom. The molecule has 13 unspecified atom stereocenters. The maximum absolute atomic E-state index is 12.8. The molecule has 0 saturated carbocycles. The number of nitrogens with one attached hydrogen (secondary N) is 1. The molecule has 6 fully saturated rings. The van der Waals surface area contributed by atoms with Crippen LogP contribution in [-0.2, 0) is 61.6 Å². The van der Waals surface area contributed by atoms with Gasteiger partial charge in [0.2, 0.25) is 5.91 Å². The first-order valence-corrected chi connectivity index (χ1v) is 24.7. The van der Waals surface area contributed by atoms with Gasteiger partial charge < -0.3 is 155 Å². The maximum Gasteiger partial charge on any atom is 0.217 e. The second kappa shape index (κ2) is 28.5. The third kappa shape index (κ3) is 13.9. The van der Waals surface area contributed by atoms with Crippen LogP contribution >= 0.6 is 0 Å². The molecule has 0 aromatic carbocycles. The highest BCUT2D eigenvalue weighted by Crippen LogP contribution is 2.37. The summed E-state index contributed by atoms with van der Waals surface area (Å²) in [5.41, 5.74) is 5.51. The molecular weight excluding hydrogens is 1040 g/mol. The molecule has 76 heavy (non-hydrogen) atoms. The van der Waals surface area contributed by atoms with Crippen molar-refractivity contribution in [2.45, 2.75) is 210 Å². The highest BCUT2D eigenvalue weighted by molar-refractivity contribution is 5.73. The number of unbranched alkanes of at least 4 members (excludes halogenated alkanes) is 2. The van der Waals surface area contributed by atoms with Gasteiger partial charge in [-0.1, -0.05) is 5.92 Å². The van der Waals surface area contributed by atoms with Crippen LogP contribution < -0.4 is 11.1 Å². The van der Waals surface area contributed by atoms with Crippen LogP contribution in [0.15, 0.2) is 0 Å². The van der Waals surface area contributed by atoms with E-state index in [1.807, 2.05) is 5.92 Å². The van der Waals surface area contributed by atoms with E-state index in [2.05, 4.69) is 5.32 Å². The van der Waals surface area contributed by atoms with Crippen molar-refractivity contribution < 1.29 is 148 Å². The first-order valence-electron chi connectivity index (χ1n) is 24.7.